The minimum Gasteiger partial charge on any atom is -0.480 e. The summed E-state index contributed by atoms with van der Waals surface area (Å²) in [6.07, 6.45) is 1.60. The van der Waals surface area contributed by atoms with Gasteiger partial charge in [-0.15, -0.1) is 0 Å². The second kappa shape index (κ2) is 6.86. The van der Waals surface area contributed by atoms with Crippen LogP contribution in [0.5, 0.6) is 0 Å². The van der Waals surface area contributed by atoms with Crippen LogP contribution in [0.15, 0.2) is 0 Å². The number of rotatable bonds is 6. The van der Waals surface area contributed by atoms with Crippen molar-refractivity contribution in [2.75, 3.05) is 6.54 Å². The molecule has 1 rings (SSSR count). The van der Waals surface area contributed by atoms with Gasteiger partial charge in [0.25, 0.3) is 0 Å². The third kappa shape index (κ3) is 4.40. The first-order chi connectivity index (χ1) is 9.66. The van der Waals surface area contributed by atoms with Crippen molar-refractivity contribution in [1.82, 2.24) is 5.32 Å². The van der Waals surface area contributed by atoms with Crippen molar-refractivity contribution in [3.05, 3.63) is 0 Å². The van der Waals surface area contributed by atoms with Crippen LogP contribution in [-0.2, 0) is 14.4 Å². The second-order valence-corrected chi connectivity index (χ2v) is 5.95. The average molecular weight is 300 g/mol. The Morgan fingerprint density at radius 3 is 2.52 bits per heavy atom. The summed E-state index contributed by atoms with van der Waals surface area (Å²) >= 11 is 0. The number of nitrogens with two attached hydrogens (primary N) is 3. The number of carboxylic acid groups (broad SMARTS) is 1. The summed E-state index contributed by atoms with van der Waals surface area (Å²) in [7, 11) is 0. The summed E-state index contributed by atoms with van der Waals surface area (Å²) in [5, 5.41) is 11.9. The Morgan fingerprint density at radius 1 is 1.38 bits per heavy atom. The summed E-state index contributed by atoms with van der Waals surface area (Å²) < 4.78 is 0. The highest BCUT2D eigenvalue weighted by molar-refractivity contribution is 5.87. The zero-order chi connectivity index (χ0) is 16.2. The van der Waals surface area contributed by atoms with Gasteiger partial charge >= 0.3 is 5.97 Å². The minimum atomic E-state index is -1.35. The first kappa shape index (κ1) is 17.4. The van der Waals surface area contributed by atoms with Crippen molar-refractivity contribution in [1.29, 1.82) is 0 Å². The maximum Gasteiger partial charge on any atom is 0.324 e. The van der Waals surface area contributed by atoms with Crippen molar-refractivity contribution in [2.24, 2.45) is 29.0 Å². The minimum absolute atomic E-state index is 0.126. The molecule has 0 spiro atoms. The molecule has 1 aliphatic rings. The molecule has 8 N–H and O–H groups in total. The van der Waals surface area contributed by atoms with Crippen LogP contribution in [0, 0.1) is 11.8 Å². The largest absolute Gasteiger partial charge is 0.480 e. The molecule has 0 heterocycles. The SMILES string of the molecule is C[C@@H]1CCC(CNC(=O)C(N)CC(N)=O)[C@@](N)(C(=O)O)C1. The lowest BCUT2D eigenvalue weighted by atomic mass is 9.69. The van der Waals surface area contributed by atoms with E-state index in [-0.39, 0.29) is 24.8 Å². The van der Waals surface area contributed by atoms with E-state index in [0.717, 1.165) is 6.42 Å². The molecule has 0 aromatic rings. The topological polar surface area (TPSA) is 162 Å². The number of carboxylic acids is 1. The highest BCUT2D eigenvalue weighted by atomic mass is 16.4. The third-order valence-electron chi connectivity index (χ3n) is 4.10. The monoisotopic (exact) mass is 300 g/mol. The van der Waals surface area contributed by atoms with Crippen LogP contribution < -0.4 is 22.5 Å². The molecule has 0 radical (unpaired) electrons. The number of amides is 2. The Bertz CT molecular complexity index is 428. The lowest BCUT2D eigenvalue weighted by Crippen LogP contribution is -2.60. The van der Waals surface area contributed by atoms with E-state index >= 15 is 0 Å². The number of nitrogens with one attached hydrogen (secondary N) is 1. The molecule has 0 saturated heterocycles. The van der Waals surface area contributed by atoms with E-state index in [2.05, 4.69) is 5.32 Å². The van der Waals surface area contributed by atoms with E-state index in [1.807, 2.05) is 6.92 Å². The number of primary amides is 1. The van der Waals surface area contributed by atoms with E-state index in [4.69, 9.17) is 17.2 Å². The smallest absolute Gasteiger partial charge is 0.324 e. The zero-order valence-electron chi connectivity index (χ0n) is 12.2. The molecule has 120 valence electrons. The standard InChI is InChI=1S/C13H24N4O4/c1-7-2-3-8(13(16,5-7)12(20)21)6-17-11(19)9(14)4-10(15)18/h7-9H,2-6,14,16H2,1H3,(H2,15,18)(H,17,19)(H,20,21)/t7-,8?,9?,13-/m1/s1. The van der Waals surface area contributed by atoms with Crippen molar-refractivity contribution >= 4 is 17.8 Å². The molecule has 0 aliphatic heterocycles. The maximum absolute atomic E-state index is 11.7. The van der Waals surface area contributed by atoms with Crippen LogP contribution in [0.4, 0.5) is 0 Å². The fraction of sp³-hybridized carbons (Fsp3) is 0.769. The van der Waals surface area contributed by atoms with Gasteiger partial charge in [-0.3, -0.25) is 14.4 Å². The number of hydrogen-bond donors (Lipinski definition) is 5. The van der Waals surface area contributed by atoms with Crippen LogP contribution in [-0.4, -0.2) is 41.0 Å². The molecule has 1 aliphatic carbocycles. The van der Waals surface area contributed by atoms with Crippen LogP contribution in [0.2, 0.25) is 0 Å². The van der Waals surface area contributed by atoms with Crippen LogP contribution in [0.3, 0.4) is 0 Å². The highest BCUT2D eigenvalue weighted by Gasteiger charge is 2.46. The van der Waals surface area contributed by atoms with Gasteiger partial charge in [-0.2, -0.15) is 0 Å². The first-order valence-electron chi connectivity index (χ1n) is 7.00. The zero-order valence-corrected chi connectivity index (χ0v) is 12.2. The normalized spacial score (nSPS) is 30.4. The number of aliphatic carboxylic acids is 1. The molecule has 2 unspecified atom stereocenters. The van der Waals surface area contributed by atoms with Gasteiger partial charge in [0.15, 0.2) is 0 Å². The van der Waals surface area contributed by atoms with Gasteiger partial charge in [-0.1, -0.05) is 13.3 Å². The molecule has 8 heteroatoms. The van der Waals surface area contributed by atoms with Gasteiger partial charge in [0.05, 0.1) is 12.5 Å². The van der Waals surface area contributed by atoms with Crippen molar-refractivity contribution in [2.45, 2.75) is 44.2 Å². The highest BCUT2D eigenvalue weighted by Crippen LogP contribution is 2.35. The fourth-order valence-corrected chi connectivity index (χ4v) is 2.80. The summed E-state index contributed by atoms with van der Waals surface area (Å²) in [4.78, 5) is 33.9. The third-order valence-corrected chi connectivity index (χ3v) is 4.10. The molecular formula is C13H24N4O4. The summed E-state index contributed by atoms with van der Waals surface area (Å²) in [5.41, 5.74) is 15.2. The van der Waals surface area contributed by atoms with Gasteiger partial charge in [-0.25, -0.2) is 0 Å². The average Bonchev–Trinajstić information content (AvgIpc) is 2.36. The van der Waals surface area contributed by atoms with E-state index < -0.39 is 29.4 Å². The fourth-order valence-electron chi connectivity index (χ4n) is 2.80. The van der Waals surface area contributed by atoms with E-state index in [1.54, 1.807) is 0 Å². The summed E-state index contributed by atoms with van der Waals surface area (Å²) in [6, 6.07) is -1.03. The van der Waals surface area contributed by atoms with Crippen LogP contribution >= 0.6 is 0 Å². The summed E-state index contributed by atoms with van der Waals surface area (Å²) in [5.74, 6) is -2.39. The molecule has 1 saturated carbocycles. The molecular weight excluding hydrogens is 276 g/mol. The predicted molar refractivity (Wildman–Crippen MR) is 75.9 cm³/mol. The van der Waals surface area contributed by atoms with Crippen molar-refractivity contribution in [3.8, 4) is 0 Å². The van der Waals surface area contributed by atoms with Gasteiger partial charge in [0.1, 0.15) is 5.54 Å². The van der Waals surface area contributed by atoms with Crippen molar-refractivity contribution in [3.63, 3.8) is 0 Å². The van der Waals surface area contributed by atoms with Gasteiger partial charge in [-0.05, 0) is 18.8 Å². The molecule has 2 amide bonds. The van der Waals surface area contributed by atoms with Gasteiger partial charge in [0.2, 0.25) is 11.8 Å². The molecule has 0 bridgehead atoms. The van der Waals surface area contributed by atoms with E-state index in [9.17, 15) is 19.5 Å². The molecule has 0 aromatic heterocycles. The van der Waals surface area contributed by atoms with Gasteiger partial charge in [0, 0.05) is 12.5 Å². The molecule has 4 atom stereocenters. The van der Waals surface area contributed by atoms with E-state index in [0.29, 0.717) is 12.8 Å². The Hall–Kier alpha value is -1.67. The first-order valence-corrected chi connectivity index (χ1v) is 7.00. The van der Waals surface area contributed by atoms with Crippen LogP contribution in [0.1, 0.15) is 32.6 Å². The second-order valence-electron chi connectivity index (χ2n) is 5.95. The number of carbonyl (C=O) groups excluding carboxylic acids is 2. The van der Waals surface area contributed by atoms with Crippen LogP contribution in [0.25, 0.3) is 0 Å². The Morgan fingerprint density at radius 2 is 2.00 bits per heavy atom. The lowest BCUT2D eigenvalue weighted by Gasteiger charge is -2.40. The lowest BCUT2D eigenvalue weighted by molar-refractivity contribution is -0.148. The molecule has 21 heavy (non-hydrogen) atoms. The number of carbonyl (C=O) groups is 3. The quantitative estimate of drug-likeness (QED) is 0.402. The molecule has 1 fully saturated rings. The Kier molecular flexibility index (Phi) is 5.68. The van der Waals surface area contributed by atoms with Crippen molar-refractivity contribution < 1.29 is 19.5 Å². The summed E-state index contributed by atoms with van der Waals surface area (Å²) in [6.45, 7) is 2.09. The predicted octanol–water partition coefficient (Wildman–Crippen LogP) is -1.48. The number of hydrogen-bond acceptors (Lipinski definition) is 5. The molecule has 8 nitrogen and oxygen atoms in total. The van der Waals surface area contributed by atoms with Gasteiger partial charge < -0.3 is 27.6 Å². The van der Waals surface area contributed by atoms with E-state index in [1.165, 1.54) is 0 Å². The Balaban J connectivity index is 2.62. The maximum atomic E-state index is 11.7. The molecule has 0 aromatic carbocycles. The Labute approximate surface area is 123 Å².